The van der Waals surface area contributed by atoms with Crippen molar-refractivity contribution >= 4 is 11.7 Å². The zero-order valence-corrected chi connectivity index (χ0v) is 10.4. The molecule has 0 aliphatic rings. The minimum Gasteiger partial charge on any atom is -0.491 e. The molecule has 1 rings (SSSR count). The van der Waals surface area contributed by atoms with Gasteiger partial charge in [-0.3, -0.25) is 0 Å². The van der Waals surface area contributed by atoms with Crippen LogP contribution in [0.2, 0.25) is 0 Å². The van der Waals surface area contributed by atoms with Crippen LogP contribution < -0.4 is 10.1 Å². The molecule has 4 nitrogen and oxygen atoms in total. The number of hydrogen-bond donors (Lipinski definition) is 2. The lowest BCUT2D eigenvalue weighted by Crippen LogP contribution is -2.05. The molecular formula is C13H16FNO3. The molecular weight excluding hydrogens is 237 g/mol. The summed E-state index contributed by atoms with van der Waals surface area (Å²) in [5, 5.41) is 11.5. The first-order valence-electron chi connectivity index (χ1n) is 5.59. The summed E-state index contributed by atoms with van der Waals surface area (Å²) in [4.78, 5) is 10.4. The van der Waals surface area contributed by atoms with Gasteiger partial charge in [-0.25, -0.2) is 9.18 Å². The molecule has 0 amide bonds. The monoisotopic (exact) mass is 253 g/mol. The minimum absolute atomic E-state index is 0.209. The number of aliphatic carboxylic acids is 1. The Balaban J connectivity index is 2.64. The number of ether oxygens (including phenoxy) is 1. The summed E-state index contributed by atoms with van der Waals surface area (Å²) in [6, 6.07) is 4.54. The van der Waals surface area contributed by atoms with Crippen LogP contribution in [0.5, 0.6) is 5.75 Å². The Bertz CT molecular complexity index is 458. The maximum absolute atomic E-state index is 13.5. The van der Waals surface area contributed by atoms with Crippen molar-refractivity contribution in [1.29, 1.82) is 0 Å². The lowest BCUT2D eigenvalue weighted by Gasteiger charge is -2.09. The standard InChI is InChI=1S/C13H16FNO3/c1-3-18-12-5-4-10(7-11(12)14)15-8-9(2)6-13(16)17/h4-7,15H,3,8H2,1-2H3,(H,16,17)/b9-6+. The molecule has 2 N–H and O–H groups in total. The molecule has 18 heavy (non-hydrogen) atoms. The van der Waals surface area contributed by atoms with Crippen LogP contribution in [0.1, 0.15) is 13.8 Å². The van der Waals surface area contributed by atoms with E-state index in [-0.39, 0.29) is 5.75 Å². The van der Waals surface area contributed by atoms with Crippen molar-refractivity contribution in [2.45, 2.75) is 13.8 Å². The maximum atomic E-state index is 13.5. The molecule has 0 fully saturated rings. The number of carbonyl (C=O) groups is 1. The van der Waals surface area contributed by atoms with Crippen molar-refractivity contribution in [2.75, 3.05) is 18.5 Å². The molecule has 0 saturated heterocycles. The number of carboxylic acid groups (broad SMARTS) is 1. The van der Waals surface area contributed by atoms with E-state index >= 15 is 0 Å². The van der Waals surface area contributed by atoms with E-state index in [9.17, 15) is 9.18 Å². The second kappa shape index (κ2) is 6.64. The smallest absolute Gasteiger partial charge is 0.328 e. The van der Waals surface area contributed by atoms with Gasteiger partial charge >= 0.3 is 5.97 Å². The fourth-order valence-corrected chi connectivity index (χ4v) is 1.39. The zero-order chi connectivity index (χ0) is 13.5. The first-order valence-corrected chi connectivity index (χ1v) is 5.59. The van der Waals surface area contributed by atoms with Crippen molar-refractivity contribution in [1.82, 2.24) is 0 Å². The van der Waals surface area contributed by atoms with Gasteiger partial charge in [0.2, 0.25) is 0 Å². The van der Waals surface area contributed by atoms with Gasteiger partial charge in [-0.15, -0.1) is 0 Å². The first kappa shape index (κ1) is 14.0. The molecule has 0 spiro atoms. The fourth-order valence-electron chi connectivity index (χ4n) is 1.39. The Morgan fingerprint density at radius 3 is 2.83 bits per heavy atom. The summed E-state index contributed by atoms with van der Waals surface area (Å²) in [6.07, 6.45) is 1.11. The van der Waals surface area contributed by atoms with E-state index in [1.54, 1.807) is 19.9 Å². The van der Waals surface area contributed by atoms with Crippen molar-refractivity contribution in [3.63, 3.8) is 0 Å². The maximum Gasteiger partial charge on any atom is 0.328 e. The number of rotatable bonds is 6. The second-order valence-corrected chi connectivity index (χ2v) is 3.76. The van der Waals surface area contributed by atoms with E-state index in [2.05, 4.69) is 5.32 Å². The molecule has 0 saturated carbocycles. The van der Waals surface area contributed by atoms with E-state index in [0.717, 1.165) is 6.08 Å². The van der Waals surface area contributed by atoms with Gasteiger partial charge in [-0.1, -0.05) is 0 Å². The van der Waals surface area contributed by atoms with E-state index in [1.165, 1.54) is 12.1 Å². The molecule has 0 heterocycles. The van der Waals surface area contributed by atoms with Crippen LogP contribution in [0.3, 0.4) is 0 Å². The number of benzene rings is 1. The summed E-state index contributed by atoms with van der Waals surface area (Å²) in [5.74, 6) is -1.23. The molecule has 1 aromatic carbocycles. The van der Waals surface area contributed by atoms with Crippen molar-refractivity contribution < 1.29 is 19.0 Å². The van der Waals surface area contributed by atoms with Gasteiger partial charge in [-0.2, -0.15) is 0 Å². The lowest BCUT2D eigenvalue weighted by molar-refractivity contribution is -0.131. The summed E-state index contributed by atoms with van der Waals surface area (Å²) in [6.45, 7) is 4.22. The van der Waals surface area contributed by atoms with Gasteiger partial charge in [0.15, 0.2) is 11.6 Å². The molecule has 0 atom stereocenters. The minimum atomic E-state index is -0.993. The summed E-state index contributed by atoms with van der Waals surface area (Å²) in [7, 11) is 0. The van der Waals surface area contributed by atoms with Gasteiger partial charge in [0.1, 0.15) is 0 Å². The van der Waals surface area contributed by atoms with Crippen molar-refractivity contribution in [2.24, 2.45) is 0 Å². The third-order valence-electron chi connectivity index (χ3n) is 2.17. The molecule has 0 aliphatic carbocycles. The highest BCUT2D eigenvalue weighted by atomic mass is 19.1. The van der Waals surface area contributed by atoms with Gasteiger partial charge < -0.3 is 15.2 Å². The Kier molecular flexibility index (Phi) is 5.17. The van der Waals surface area contributed by atoms with Crippen molar-refractivity contribution in [3.05, 3.63) is 35.7 Å². The van der Waals surface area contributed by atoms with Crippen LogP contribution in [0, 0.1) is 5.82 Å². The normalized spacial score (nSPS) is 11.2. The summed E-state index contributed by atoms with van der Waals surface area (Å²) in [5.41, 5.74) is 1.23. The number of halogens is 1. The quantitative estimate of drug-likeness (QED) is 0.765. The van der Waals surface area contributed by atoms with E-state index < -0.39 is 11.8 Å². The third kappa shape index (κ3) is 4.45. The van der Waals surface area contributed by atoms with Gasteiger partial charge in [0.05, 0.1) is 6.61 Å². The number of carboxylic acids is 1. The highest BCUT2D eigenvalue weighted by Gasteiger charge is 2.04. The highest BCUT2D eigenvalue weighted by molar-refractivity contribution is 5.80. The average Bonchev–Trinajstić information content (AvgIpc) is 2.29. The van der Waals surface area contributed by atoms with E-state index in [0.29, 0.717) is 24.4 Å². The number of anilines is 1. The Morgan fingerprint density at radius 1 is 1.56 bits per heavy atom. The van der Waals surface area contributed by atoms with Crippen LogP contribution in [-0.4, -0.2) is 24.2 Å². The lowest BCUT2D eigenvalue weighted by atomic mass is 10.2. The van der Waals surface area contributed by atoms with E-state index in [4.69, 9.17) is 9.84 Å². The first-order chi connectivity index (χ1) is 8.52. The van der Waals surface area contributed by atoms with Crippen LogP contribution in [0.15, 0.2) is 29.8 Å². The fraction of sp³-hybridized carbons (Fsp3) is 0.308. The zero-order valence-electron chi connectivity index (χ0n) is 10.4. The molecule has 0 aromatic heterocycles. The highest BCUT2D eigenvalue weighted by Crippen LogP contribution is 2.21. The SMILES string of the molecule is CCOc1ccc(NC/C(C)=C/C(=O)O)cc1F. The largest absolute Gasteiger partial charge is 0.491 e. The van der Waals surface area contributed by atoms with Crippen LogP contribution in [-0.2, 0) is 4.79 Å². The topological polar surface area (TPSA) is 58.6 Å². The second-order valence-electron chi connectivity index (χ2n) is 3.76. The molecule has 5 heteroatoms. The third-order valence-corrected chi connectivity index (χ3v) is 2.17. The van der Waals surface area contributed by atoms with Crippen LogP contribution in [0.4, 0.5) is 10.1 Å². The number of hydrogen-bond acceptors (Lipinski definition) is 3. The molecule has 98 valence electrons. The summed E-state index contributed by atoms with van der Waals surface area (Å²) >= 11 is 0. The molecule has 0 unspecified atom stereocenters. The predicted molar refractivity (Wildman–Crippen MR) is 67.5 cm³/mol. The predicted octanol–water partition coefficient (Wildman–Crippen LogP) is 2.67. The molecule has 1 aromatic rings. The van der Waals surface area contributed by atoms with Gasteiger partial charge in [0.25, 0.3) is 0 Å². The van der Waals surface area contributed by atoms with Crippen LogP contribution in [0.25, 0.3) is 0 Å². The van der Waals surface area contributed by atoms with Crippen LogP contribution >= 0.6 is 0 Å². The van der Waals surface area contributed by atoms with E-state index in [1.807, 2.05) is 0 Å². The summed E-state index contributed by atoms with van der Waals surface area (Å²) < 4.78 is 18.6. The molecule has 0 bridgehead atoms. The number of nitrogens with one attached hydrogen (secondary N) is 1. The Morgan fingerprint density at radius 2 is 2.28 bits per heavy atom. The Hall–Kier alpha value is -2.04. The molecule has 0 radical (unpaired) electrons. The van der Waals surface area contributed by atoms with Crippen molar-refractivity contribution in [3.8, 4) is 5.75 Å². The molecule has 0 aliphatic heterocycles. The van der Waals surface area contributed by atoms with Gasteiger partial charge in [0, 0.05) is 24.4 Å². The van der Waals surface area contributed by atoms with Gasteiger partial charge in [-0.05, 0) is 31.6 Å². The Labute approximate surface area is 105 Å². The average molecular weight is 253 g/mol.